The fourth-order valence-corrected chi connectivity index (χ4v) is 1.37. The predicted molar refractivity (Wildman–Crippen MR) is 50.1 cm³/mol. The Balaban J connectivity index is 4.54. The van der Waals surface area contributed by atoms with E-state index in [1.807, 2.05) is 0 Å². The first-order valence-corrected chi connectivity index (χ1v) is 6.23. The molecule has 0 atom stereocenters. The summed E-state index contributed by atoms with van der Waals surface area (Å²) in [7, 11) is -6.49. The van der Waals surface area contributed by atoms with Gasteiger partial charge in [0.2, 0.25) is 0 Å². The third-order valence-corrected chi connectivity index (χ3v) is 2.80. The van der Waals surface area contributed by atoms with Gasteiger partial charge in [-0.1, -0.05) is 6.92 Å². The van der Waals surface area contributed by atoms with Gasteiger partial charge in [0.25, 0.3) is 0 Å². The standard InChI is InChI=1S/C8H12F4O5S/c1-2-3-6(13)17-5-4-7(9,10)8(11,12)18(14,15)16/h2-5H2,1H3,(H,14,15,16)/p-1. The van der Waals surface area contributed by atoms with E-state index in [9.17, 15) is 35.3 Å². The summed E-state index contributed by atoms with van der Waals surface area (Å²) in [5.74, 6) is -5.97. The van der Waals surface area contributed by atoms with Crippen molar-refractivity contribution in [1.82, 2.24) is 0 Å². The number of carbonyl (C=O) groups excluding carboxylic acids is 1. The van der Waals surface area contributed by atoms with Crippen LogP contribution in [-0.2, 0) is 19.6 Å². The van der Waals surface area contributed by atoms with Crippen molar-refractivity contribution in [2.24, 2.45) is 0 Å². The highest BCUT2D eigenvalue weighted by atomic mass is 32.2. The van der Waals surface area contributed by atoms with Crippen LogP contribution in [0.1, 0.15) is 26.2 Å². The number of hydrogen-bond donors (Lipinski definition) is 0. The smallest absolute Gasteiger partial charge is 0.396 e. The van der Waals surface area contributed by atoms with Gasteiger partial charge in [0.1, 0.15) is 0 Å². The number of alkyl halides is 4. The number of rotatable bonds is 7. The minimum Gasteiger partial charge on any atom is -0.743 e. The maximum Gasteiger partial charge on any atom is 0.396 e. The second kappa shape index (κ2) is 5.83. The Labute approximate surface area is 101 Å². The van der Waals surface area contributed by atoms with Gasteiger partial charge < -0.3 is 9.29 Å². The van der Waals surface area contributed by atoms with E-state index in [0.717, 1.165) is 0 Å². The van der Waals surface area contributed by atoms with E-state index in [-0.39, 0.29) is 6.42 Å². The van der Waals surface area contributed by atoms with Crippen molar-refractivity contribution < 1.29 is 40.1 Å². The molecule has 108 valence electrons. The maximum absolute atomic E-state index is 12.8. The first-order valence-electron chi connectivity index (χ1n) is 4.82. The lowest BCUT2D eigenvalue weighted by molar-refractivity contribution is -0.174. The van der Waals surface area contributed by atoms with E-state index in [0.29, 0.717) is 6.42 Å². The molecule has 0 aromatic rings. The molecule has 0 fully saturated rings. The summed E-state index contributed by atoms with van der Waals surface area (Å²) in [6, 6.07) is 0. The topological polar surface area (TPSA) is 83.5 Å². The zero-order valence-corrected chi connectivity index (χ0v) is 10.1. The quantitative estimate of drug-likeness (QED) is 0.403. The highest BCUT2D eigenvalue weighted by molar-refractivity contribution is 7.86. The lowest BCUT2D eigenvalue weighted by Crippen LogP contribution is -2.47. The Morgan fingerprint density at radius 2 is 1.78 bits per heavy atom. The molecule has 0 rings (SSSR count). The van der Waals surface area contributed by atoms with Gasteiger partial charge in [-0.2, -0.15) is 17.6 Å². The van der Waals surface area contributed by atoms with Crippen LogP contribution in [0, 0.1) is 0 Å². The molecule has 0 bridgehead atoms. The molecule has 10 heteroatoms. The summed E-state index contributed by atoms with van der Waals surface area (Å²) >= 11 is 0. The van der Waals surface area contributed by atoms with Crippen molar-refractivity contribution in [3.8, 4) is 0 Å². The summed E-state index contributed by atoms with van der Waals surface area (Å²) in [6.45, 7) is 0.505. The van der Waals surface area contributed by atoms with Crippen LogP contribution in [-0.4, -0.2) is 36.7 Å². The fraction of sp³-hybridized carbons (Fsp3) is 0.875. The lowest BCUT2D eigenvalue weighted by atomic mass is 10.2. The van der Waals surface area contributed by atoms with Crippen LogP contribution in [0.2, 0.25) is 0 Å². The van der Waals surface area contributed by atoms with Crippen LogP contribution in [0.4, 0.5) is 17.6 Å². The molecule has 0 radical (unpaired) electrons. The van der Waals surface area contributed by atoms with Crippen LogP contribution in [0.5, 0.6) is 0 Å². The van der Waals surface area contributed by atoms with E-state index in [1.54, 1.807) is 6.92 Å². The molecule has 0 amide bonds. The Morgan fingerprint density at radius 1 is 1.28 bits per heavy atom. The van der Waals surface area contributed by atoms with E-state index >= 15 is 0 Å². The maximum atomic E-state index is 12.8. The van der Waals surface area contributed by atoms with Gasteiger partial charge in [-0.15, -0.1) is 0 Å². The van der Waals surface area contributed by atoms with E-state index in [4.69, 9.17) is 0 Å². The van der Waals surface area contributed by atoms with Crippen molar-refractivity contribution in [2.75, 3.05) is 6.61 Å². The molecule has 0 heterocycles. The van der Waals surface area contributed by atoms with Crippen molar-refractivity contribution in [2.45, 2.75) is 37.4 Å². The number of esters is 1. The molecule has 0 saturated carbocycles. The molecule has 5 nitrogen and oxygen atoms in total. The highest BCUT2D eigenvalue weighted by Crippen LogP contribution is 2.40. The molecule has 0 N–H and O–H groups in total. The predicted octanol–water partition coefficient (Wildman–Crippen LogP) is 1.49. The summed E-state index contributed by atoms with van der Waals surface area (Å²) in [6.07, 6.45) is -1.46. The Hall–Kier alpha value is -0.900. The molecule has 0 aromatic carbocycles. The molecule has 0 aliphatic rings. The Kier molecular flexibility index (Phi) is 5.54. The molecular weight excluding hydrogens is 284 g/mol. The van der Waals surface area contributed by atoms with Gasteiger partial charge in [-0.05, 0) is 6.42 Å². The van der Waals surface area contributed by atoms with Gasteiger partial charge in [0, 0.05) is 6.42 Å². The van der Waals surface area contributed by atoms with Gasteiger partial charge >= 0.3 is 17.1 Å². The zero-order valence-electron chi connectivity index (χ0n) is 9.29. The summed E-state index contributed by atoms with van der Waals surface area (Å²) in [4.78, 5) is 10.7. The third-order valence-electron chi connectivity index (χ3n) is 1.87. The van der Waals surface area contributed by atoms with Gasteiger partial charge in [0.15, 0.2) is 10.1 Å². The van der Waals surface area contributed by atoms with Crippen LogP contribution < -0.4 is 0 Å². The van der Waals surface area contributed by atoms with Crippen molar-refractivity contribution in [3.63, 3.8) is 0 Å². The van der Waals surface area contributed by atoms with Crippen LogP contribution in [0.3, 0.4) is 0 Å². The molecular formula is C8H11F4O5S-. The Bertz CT molecular complexity index is 392. The highest BCUT2D eigenvalue weighted by Gasteiger charge is 2.61. The average molecular weight is 295 g/mol. The molecule has 0 spiro atoms. The van der Waals surface area contributed by atoms with E-state index in [1.165, 1.54) is 0 Å². The number of halogens is 4. The van der Waals surface area contributed by atoms with E-state index in [2.05, 4.69) is 4.74 Å². The monoisotopic (exact) mass is 295 g/mol. The van der Waals surface area contributed by atoms with Crippen LogP contribution in [0.15, 0.2) is 0 Å². The van der Waals surface area contributed by atoms with Crippen molar-refractivity contribution in [3.05, 3.63) is 0 Å². The summed E-state index contributed by atoms with van der Waals surface area (Å²) in [5.41, 5.74) is 0. The first-order chi connectivity index (χ1) is 7.95. The number of ether oxygens (including phenoxy) is 1. The normalized spacial score (nSPS) is 13.4. The van der Waals surface area contributed by atoms with Gasteiger partial charge in [-0.25, -0.2) is 8.42 Å². The lowest BCUT2D eigenvalue weighted by Gasteiger charge is -2.28. The van der Waals surface area contributed by atoms with Crippen LogP contribution in [0.25, 0.3) is 0 Å². The molecule has 0 aliphatic carbocycles. The van der Waals surface area contributed by atoms with Gasteiger partial charge in [0.05, 0.1) is 13.0 Å². The van der Waals surface area contributed by atoms with Crippen molar-refractivity contribution in [1.29, 1.82) is 0 Å². The summed E-state index contributed by atoms with van der Waals surface area (Å²) < 4.78 is 85.0. The second-order valence-corrected chi connectivity index (χ2v) is 4.82. The van der Waals surface area contributed by atoms with Crippen LogP contribution >= 0.6 is 0 Å². The van der Waals surface area contributed by atoms with Crippen molar-refractivity contribution >= 4 is 16.1 Å². The molecule has 0 saturated heterocycles. The Morgan fingerprint density at radius 3 is 2.17 bits per heavy atom. The second-order valence-electron chi connectivity index (χ2n) is 3.40. The summed E-state index contributed by atoms with van der Waals surface area (Å²) in [5, 5.41) is -5.74. The SMILES string of the molecule is CCCC(=O)OCCC(F)(F)C(F)(F)S(=O)(=O)[O-]. The van der Waals surface area contributed by atoms with E-state index < -0.39 is 40.3 Å². The number of carbonyl (C=O) groups is 1. The third kappa shape index (κ3) is 4.09. The largest absolute Gasteiger partial charge is 0.743 e. The zero-order chi connectivity index (χ0) is 14.6. The molecule has 18 heavy (non-hydrogen) atoms. The average Bonchev–Trinajstić information content (AvgIpc) is 2.15. The molecule has 0 aromatic heterocycles. The minimum absolute atomic E-state index is 0.0815. The molecule has 0 unspecified atom stereocenters. The minimum atomic E-state index is -6.49. The molecule has 0 aliphatic heterocycles. The fourth-order valence-electron chi connectivity index (χ4n) is 0.898. The van der Waals surface area contributed by atoms with Gasteiger partial charge in [-0.3, -0.25) is 4.79 Å². The number of hydrogen-bond acceptors (Lipinski definition) is 5. The first kappa shape index (κ1) is 17.1.